The first-order valence-electron chi connectivity index (χ1n) is 8.66. The first-order valence-corrected chi connectivity index (χ1v) is 8.66. The fourth-order valence-corrected chi connectivity index (χ4v) is 3.36. The topological polar surface area (TPSA) is 42.3 Å². The van der Waals surface area contributed by atoms with Crippen molar-refractivity contribution in [2.75, 3.05) is 27.2 Å². The normalized spacial score (nSPS) is 18.8. The smallest absolute Gasteiger partial charge is 0.124 e. The van der Waals surface area contributed by atoms with E-state index >= 15 is 0 Å². The van der Waals surface area contributed by atoms with Crippen LogP contribution in [0.15, 0.2) is 30.6 Å². The summed E-state index contributed by atoms with van der Waals surface area (Å²) in [7, 11) is 6.20. The minimum absolute atomic E-state index is 0.303. The average Bonchev–Trinajstić information content (AvgIpc) is 2.85. The Hall–Kier alpha value is -1.85. The first kappa shape index (κ1) is 17.0. The van der Waals surface area contributed by atoms with E-state index in [0.717, 1.165) is 31.7 Å². The monoisotopic (exact) mass is 328 g/mol. The van der Waals surface area contributed by atoms with Crippen molar-refractivity contribution in [1.29, 1.82) is 0 Å². The van der Waals surface area contributed by atoms with E-state index < -0.39 is 0 Å². The van der Waals surface area contributed by atoms with Gasteiger partial charge in [0.1, 0.15) is 5.75 Å². The standard InChI is InChI=1S/C19H28N4O/c1-14-7-8-16-17(6-5-9-24-19(16)10-14)20-12-18(22(2)3)15-11-21-23(4)13-15/h7-8,10-11,13,17-18,20H,5-6,9,12H2,1-4H3. The quantitative estimate of drug-likeness (QED) is 0.916. The molecule has 5 nitrogen and oxygen atoms in total. The molecule has 5 heteroatoms. The number of rotatable bonds is 5. The summed E-state index contributed by atoms with van der Waals surface area (Å²) in [6.07, 6.45) is 6.23. The van der Waals surface area contributed by atoms with Gasteiger partial charge in [-0.15, -0.1) is 0 Å². The molecule has 2 heterocycles. The summed E-state index contributed by atoms with van der Waals surface area (Å²) >= 11 is 0. The van der Waals surface area contributed by atoms with E-state index in [0.29, 0.717) is 12.1 Å². The van der Waals surface area contributed by atoms with Gasteiger partial charge in [-0.05, 0) is 45.5 Å². The van der Waals surface area contributed by atoms with Crippen molar-refractivity contribution < 1.29 is 4.74 Å². The number of aromatic nitrogens is 2. The van der Waals surface area contributed by atoms with Crippen molar-refractivity contribution in [3.63, 3.8) is 0 Å². The maximum atomic E-state index is 5.94. The van der Waals surface area contributed by atoms with E-state index in [1.54, 1.807) is 0 Å². The Morgan fingerprint density at radius 2 is 2.25 bits per heavy atom. The van der Waals surface area contributed by atoms with Gasteiger partial charge in [0.15, 0.2) is 0 Å². The molecule has 130 valence electrons. The molecule has 0 spiro atoms. The van der Waals surface area contributed by atoms with E-state index in [1.165, 1.54) is 16.7 Å². The molecule has 0 saturated heterocycles. The van der Waals surface area contributed by atoms with Crippen LogP contribution in [0, 0.1) is 6.92 Å². The van der Waals surface area contributed by atoms with Crippen molar-refractivity contribution in [1.82, 2.24) is 20.0 Å². The van der Waals surface area contributed by atoms with E-state index in [4.69, 9.17) is 4.74 Å². The molecule has 0 aliphatic carbocycles. The third-order valence-electron chi connectivity index (χ3n) is 4.73. The van der Waals surface area contributed by atoms with Gasteiger partial charge in [-0.3, -0.25) is 4.68 Å². The lowest BCUT2D eigenvalue weighted by atomic mass is 10.00. The Morgan fingerprint density at radius 3 is 2.96 bits per heavy atom. The summed E-state index contributed by atoms with van der Waals surface area (Å²) in [5.41, 5.74) is 3.77. The molecule has 0 fully saturated rings. The molecular weight excluding hydrogens is 300 g/mol. The molecule has 24 heavy (non-hydrogen) atoms. The highest BCUT2D eigenvalue weighted by Gasteiger charge is 2.22. The van der Waals surface area contributed by atoms with E-state index in [1.807, 2.05) is 17.9 Å². The number of hydrogen-bond acceptors (Lipinski definition) is 4. The maximum absolute atomic E-state index is 5.94. The van der Waals surface area contributed by atoms with Crippen LogP contribution in [-0.4, -0.2) is 41.9 Å². The predicted octanol–water partition coefficient (Wildman–Crippen LogP) is 2.83. The van der Waals surface area contributed by atoms with Gasteiger partial charge < -0.3 is 15.0 Å². The molecule has 3 rings (SSSR count). The molecule has 0 radical (unpaired) electrons. The zero-order valence-corrected chi connectivity index (χ0v) is 15.1. The summed E-state index contributed by atoms with van der Waals surface area (Å²) in [5.74, 6) is 1.03. The van der Waals surface area contributed by atoms with Crippen LogP contribution in [0.5, 0.6) is 5.75 Å². The zero-order valence-electron chi connectivity index (χ0n) is 15.1. The second-order valence-electron chi connectivity index (χ2n) is 6.92. The Kier molecular flexibility index (Phi) is 5.21. The number of hydrogen-bond donors (Lipinski definition) is 1. The van der Waals surface area contributed by atoms with E-state index in [9.17, 15) is 0 Å². The fourth-order valence-electron chi connectivity index (χ4n) is 3.36. The average molecular weight is 328 g/mol. The summed E-state index contributed by atoms with van der Waals surface area (Å²) in [4.78, 5) is 2.24. The van der Waals surface area contributed by atoms with Gasteiger partial charge >= 0.3 is 0 Å². The SMILES string of the molecule is Cc1ccc2c(c1)OCCCC2NCC(c1cnn(C)c1)N(C)C. The van der Waals surface area contributed by atoms with Gasteiger partial charge in [0.2, 0.25) is 0 Å². The van der Waals surface area contributed by atoms with Gasteiger partial charge in [-0.25, -0.2) is 0 Å². The molecule has 0 saturated carbocycles. The Balaban J connectivity index is 1.75. The zero-order chi connectivity index (χ0) is 17.1. The minimum Gasteiger partial charge on any atom is -0.493 e. The first-order chi connectivity index (χ1) is 11.5. The third kappa shape index (κ3) is 3.79. The lowest BCUT2D eigenvalue weighted by Crippen LogP contribution is -2.33. The summed E-state index contributed by atoms with van der Waals surface area (Å²) < 4.78 is 7.80. The molecule has 1 aromatic carbocycles. The van der Waals surface area contributed by atoms with Crippen LogP contribution < -0.4 is 10.1 Å². The molecule has 2 atom stereocenters. The number of likely N-dealkylation sites (N-methyl/N-ethyl adjacent to an activating group) is 1. The van der Waals surface area contributed by atoms with Gasteiger partial charge in [-0.2, -0.15) is 5.10 Å². The highest BCUT2D eigenvalue weighted by molar-refractivity contribution is 5.40. The number of ether oxygens (including phenoxy) is 1. The lowest BCUT2D eigenvalue weighted by molar-refractivity contribution is 0.276. The van der Waals surface area contributed by atoms with Crippen molar-refractivity contribution in [3.05, 3.63) is 47.3 Å². The van der Waals surface area contributed by atoms with Gasteiger partial charge in [-0.1, -0.05) is 12.1 Å². The highest BCUT2D eigenvalue weighted by Crippen LogP contribution is 2.32. The molecule has 1 aromatic heterocycles. The highest BCUT2D eigenvalue weighted by atomic mass is 16.5. The lowest BCUT2D eigenvalue weighted by Gasteiger charge is -2.27. The Bertz CT molecular complexity index is 680. The predicted molar refractivity (Wildman–Crippen MR) is 96.3 cm³/mol. The number of nitrogens with zero attached hydrogens (tertiary/aromatic N) is 3. The van der Waals surface area contributed by atoms with Crippen molar-refractivity contribution >= 4 is 0 Å². The molecule has 0 amide bonds. The molecule has 1 N–H and O–H groups in total. The number of aryl methyl sites for hydroxylation is 2. The van der Waals surface area contributed by atoms with E-state index in [2.05, 4.69) is 60.7 Å². The van der Waals surface area contributed by atoms with Crippen LogP contribution in [0.4, 0.5) is 0 Å². The largest absolute Gasteiger partial charge is 0.493 e. The number of fused-ring (bicyclic) bond motifs is 1. The van der Waals surface area contributed by atoms with Gasteiger partial charge in [0.25, 0.3) is 0 Å². The van der Waals surface area contributed by atoms with Crippen LogP contribution in [0.2, 0.25) is 0 Å². The van der Waals surface area contributed by atoms with Crippen LogP contribution in [0.1, 0.15) is 41.6 Å². The van der Waals surface area contributed by atoms with Crippen LogP contribution in [0.3, 0.4) is 0 Å². The minimum atomic E-state index is 0.303. The molecule has 1 aliphatic rings. The molecule has 0 bridgehead atoms. The Morgan fingerprint density at radius 1 is 1.42 bits per heavy atom. The molecular formula is C19H28N4O. The van der Waals surface area contributed by atoms with Crippen LogP contribution >= 0.6 is 0 Å². The Labute approximate surface area is 144 Å². The van der Waals surface area contributed by atoms with Crippen LogP contribution in [0.25, 0.3) is 0 Å². The molecule has 2 unspecified atom stereocenters. The summed E-state index contributed by atoms with van der Waals surface area (Å²) in [6.45, 7) is 3.80. The second kappa shape index (κ2) is 7.36. The third-order valence-corrected chi connectivity index (χ3v) is 4.73. The van der Waals surface area contributed by atoms with Gasteiger partial charge in [0, 0.05) is 43.0 Å². The van der Waals surface area contributed by atoms with Crippen molar-refractivity contribution in [2.45, 2.75) is 31.8 Å². The fraction of sp³-hybridized carbons (Fsp3) is 0.526. The summed E-state index contributed by atoms with van der Waals surface area (Å²) in [6, 6.07) is 7.17. The maximum Gasteiger partial charge on any atom is 0.124 e. The van der Waals surface area contributed by atoms with Crippen LogP contribution in [-0.2, 0) is 7.05 Å². The second-order valence-corrected chi connectivity index (χ2v) is 6.92. The number of nitrogens with one attached hydrogen (secondary N) is 1. The molecule has 1 aliphatic heterocycles. The van der Waals surface area contributed by atoms with E-state index in [-0.39, 0.29) is 0 Å². The van der Waals surface area contributed by atoms with Crippen molar-refractivity contribution in [3.8, 4) is 5.75 Å². The number of benzene rings is 1. The summed E-state index contributed by atoms with van der Waals surface area (Å²) in [5, 5.41) is 8.09. The van der Waals surface area contributed by atoms with Gasteiger partial charge in [0.05, 0.1) is 12.8 Å². The molecule has 2 aromatic rings. The van der Waals surface area contributed by atoms with Crippen molar-refractivity contribution in [2.24, 2.45) is 7.05 Å².